The first-order chi connectivity index (χ1) is 14.1. The number of para-hydroxylation sites is 1. The maximum atomic E-state index is 11.9. The van der Waals surface area contributed by atoms with Gasteiger partial charge in [0.2, 0.25) is 11.6 Å². The third kappa shape index (κ3) is 5.13. The summed E-state index contributed by atoms with van der Waals surface area (Å²) in [5.74, 6) is 0.994. The van der Waals surface area contributed by atoms with E-state index >= 15 is 0 Å². The highest BCUT2D eigenvalue weighted by Crippen LogP contribution is 2.29. The zero-order valence-electron chi connectivity index (χ0n) is 16.4. The Labute approximate surface area is 169 Å². The highest BCUT2D eigenvalue weighted by Gasteiger charge is 2.15. The van der Waals surface area contributed by atoms with Crippen molar-refractivity contribution in [1.29, 1.82) is 0 Å². The summed E-state index contributed by atoms with van der Waals surface area (Å²) in [5.41, 5.74) is 2.36. The zero-order chi connectivity index (χ0) is 20.6. The second-order valence-corrected chi connectivity index (χ2v) is 6.07. The summed E-state index contributed by atoms with van der Waals surface area (Å²) in [6, 6.07) is 20.6. The number of nitrogens with zero attached hydrogens (tertiary/aromatic N) is 1. The van der Waals surface area contributed by atoms with E-state index in [-0.39, 0.29) is 5.76 Å². The molecule has 0 N–H and O–H groups in total. The summed E-state index contributed by atoms with van der Waals surface area (Å²) < 4.78 is 21.2. The number of esters is 1. The molecule has 0 radical (unpaired) electrons. The molecule has 3 rings (SSSR count). The van der Waals surface area contributed by atoms with Crippen molar-refractivity contribution in [3.05, 3.63) is 84.3 Å². The van der Waals surface area contributed by atoms with Gasteiger partial charge in [-0.15, -0.1) is 0 Å². The molecule has 6 nitrogen and oxygen atoms in total. The topological polar surface area (TPSA) is 66.9 Å². The highest BCUT2D eigenvalue weighted by molar-refractivity contribution is 5.86. The molecule has 0 saturated heterocycles. The summed E-state index contributed by atoms with van der Waals surface area (Å²) in [5, 5.41) is 0. The molecule has 0 saturated carbocycles. The van der Waals surface area contributed by atoms with Gasteiger partial charge in [0.1, 0.15) is 17.8 Å². The number of pyridine rings is 1. The van der Waals surface area contributed by atoms with Crippen LogP contribution in [0, 0.1) is 6.92 Å². The fraction of sp³-hybridized carbons (Fsp3) is 0.130. The van der Waals surface area contributed by atoms with Gasteiger partial charge in [0.05, 0.1) is 19.9 Å². The second kappa shape index (κ2) is 9.41. The van der Waals surface area contributed by atoms with Gasteiger partial charge in [-0.1, -0.05) is 36.4 Å². The Morgan fingerprint density at radius 3 is 2.48 bits per heavy atom. The fourth-order valence-electron chi connectivity index (χ4n) is 2.55. The normalized spacial score (nSPS) is 10.9. The molecule has 1 heterocycles. The quantitative estimate of drug-likeness (QED) is 0.325. The summed E-state index contributed by atoms with van der Waals surface area (Å²) in [6.45, 7) is 1.88. The van der Waals surface area contributed by atoms with Crippen molar-refractivity contribution < 1.29 is 23.7 Å². The van der Waals surface area contributed by atoms with Crippen LogP contribution in [0.2, 0.25) is 0 Å². The molecular weight excluding hydrogens is 370 g/mol. The lowest BCUT2D eigenvalue weighted by Crippen LogP contribution is -2.11. The SMILES string of the molecule is COC=C(Oc1cc(-c2cccc(Oc3ccccc3)n2)ccc1C)C(=O)OC. The summed E-state index contributed by atoms with van der Waals surface area (Å²) in [6.07, 6.45) is 1.20. The van der Waals surface area contributed by atoms with Crippen LogP contribution in [0.4, 0.5) is 0 Å². The monoisotopic (exact) mass is 391 g/mol. The number of carbonyl (C=O) groups excluding carboxylic acids is 1. The summed E-state index contributed by atoms with van der Waals surface area (Å²) >= 11 is 0. The van der Waals surface area contributed by atoms with E-state index in [1.807, 2.05) is 61.5 Å². The van der Waals surface area contributed by atoms with E-state index in [0.717, 1.165) is 11.1 Å². The Kier molecular flexibility index (Phi) is 6.47. The molecular formula is C23H21NO5. The predicted octanol–water partition coefficient (Wildman–Crippen LogP) is 4.89. The Bertz CT molecular complexity index is 1010. The number of ether oxygens (including phenoxy) is 4. The number of aryl methyl sites for hydroxylation is 1. The van der Waals surface area contributed by atoms with E-state index in [9.17, 15) is 4.79 Å². The van der Waals surface area contributed by atoms with Gasteiger partial charge >= 0.3 is 5.97 Å². The molecule has 0 amide bonds. The van der Waals surface area contributed by atoms with Gasteiger partial charge in [-0.25, -0.2) is 9.78 Å². The van der Waals surface area contributed by atoms with Crippen LogP contribution in [-0.2, 0) is 14.3 Å². The lowest BCUT2D eigenvalue weighted by Gasteiger charge is -2.12. The molecule has 0 unspecified atom stereocenters. The predicted molar refractivity (Wildman–Crippen MR) is 109 cm³/mol. The Morgan fingerprint density at radius 2 is 1.76 bits per heavy atom. The van der Waals surface area contributed by atoms with Crippen molar-refractivity contribution in [2.45, 2.75) is 6.92 Å². The summed E-state index contributed by atoms with van der Waals surface area (Å²) in [7, 11) is 2.71. The number of aromatic nitrogens is 1. The van der Waals surface area contributed by atoms with Crippen molar-refractivity contribution in [3.63, 3.8) is 0 Å². The number of hydrogen-bond donors (Lipinski definition) is 0. The first kappa shape index (κ1) is 19.9. The lowest BCUT2D eigenvalue weighted by molar-refractivity contribution is -0.138. The van der Waals surface area contributed by atoms with E-state index < -0.39 is 5.97 Å². The largest absolute Gasteiger partial charge is 0.500 e. The molecule has 0 aliphatic heterocycles. The molecule has 0 aliphatic carbocycles. The standard InChI is InChI=1S/C23H21NO5/c1-16-12-13-17(14-20(16)29-21(15-26-2)23(25)27-3)19-10-7-11-22(24-19)28-18-8-5-4-6-9-18/h4-15H,1-3H3. The van der Waals surface area contributed by atoms with E-state index in [1.165, 1.54) is 20.5 Å². The van der Waals surface area contributed by atoms with Crippen LogP contribution < -0.4 is 9.47 Å². The number of hydrogen-bond acceptors (Lipinski definition) is 6. The van der Waals surface area contributed by atoms with E-state index in [4.69, 9.17) is 18.9 Å². The maximum Gasteiger partial charge on any atom is 0.377 e. The molecule has 1 aromatic heterocycles. The Morgan fingerprint density at radius 1 is 0.966 bits per heavy atom. The fourth-order valence-corrected chi connectivity index (χ4v) is 2.55. The van der Waals surface area contributed by atoms with E-state index in [1.54, 1.807) is 12.1 Å². The van der Waals surface area contributed by atoms with Crippen molar-refractivity contribution >= 4 is 5.97 Å². The van der Waals surface area contributed by atoms with Crippen molar-refractivity contribution in [1.82, 2.24) is 4.98 Å². The second-order valence-electron chi connectivity index (χ2n) is 6.07. The molecule has 0 spiro atoms. The maximum absolute atomic E-state index is 11.9. The van der Waals surface area contributed by atoms with Crippen LogP contribution in [-0.4, -0.2) is 25.2 Å². The van der Waals surface area contributed by atoms with Gasteiger partial charge in [0, 0.05) is 11.6 Å². The van der Waals surface area contributed by atoms with Crippen molar-refractivity contribution in [2.24, 2.45) is 0 Å². The zero-order valence-corrected chi connectivity index (χ0v) is 16.4. The first-order valence-corrected chi connectivity index (χ1v) is 8.91. The Hall–Kier alpha value is -3.80. The lowest BCUT2D eigenvalue weighted by atomic mass is 10.1. The average molecular weight is 391 g/mol. The first-order valence-electron chi connectivity index (χ1n) is 8.91. The summed E-state index contributed by atoms with van der Waals surface area (Å²) in [4.78, 5) is 16.4. The molecule has 0 fully saturated rings. The number of carbonyl (C=O) groups is 1. The van der Waals surface area contributed by atoms with Gasteiger partial charge in [-0.05, 0) is 36.8 Å². The molecule has 0 aliphatic rings. The van der Waals surface area contributed by atoms with Gasteiger partial charge in [0.25, 0.3) is 0 Å². The number of benzene rings is 2. The number of rotatable bonds is 7. The van der Waals surface area contributed by atoms with E-state index in [2.05, 4.69) is 4.98 Å². The van der Waals surface area contributed by atoms with Crippen LogP contribution in [0.5, 0.6) is 17.4 Å². The molecule has 3 aromatic rings. The molecule has 29 heavy (non-hydrogen) atoms. The van der Waals surface area contributed by atoms with Crippen molar-refractivity contribution in [3.8, 4) is 28.6 Å². The van der Waals surface area contributed by atoms with Crippen LogP contribution >= 0.6 is 0 Å². The van der Waals surface area contributed by atoms with Gasteiger partial charge in [-0.3, -0.25) is 0 Å². The third-order valence-electron chi connectivity index (χ3n) is 4.00. The van der Waals surface area contributed by atoms with Gasteiger partial charge in [-0.2, -0.15) is 0 Å². The van der Waals surface area contributed by atoms with Crippen LogP contribution in [0.3, 0.4) is 0 Å². The molecule has 2 aromatic carbocycles. The smallest absolute Gasteiger partial charge is 0.377 e. The highest BCUT2D eigenvalue weighted by atomic mass is 16.6. The van der Waals surface area contributed by atoms with Gasteiger partial charge < -0.3 is 18.9 Å². The molecule has 0 atom stereocenters. The van der Waals surface area contributed by atoms with Gasteiger partial charge in [0.15, 0.2) is 0 Å². The Balaban J connectivity index is 1.88. The minimum atomic E-state index is -0.631. The van der Waals surface area contributed by atoms with Crippen molar-refractivity contribution in [2.75, 3.05) is 14.2 Å². The molecule has 148 valence electrons. The van der Waals surface area contributed by atoms with Crippen LogP contribution in [0.1, 0.15) is 5.56 Å². The van der Waals surface area contributed by atoms with E-state index in [0.29, 0.717) is 23.1 Å². The molecule has 0 bridgehead atoms. The third-order valence-corrected chi connectivity index (χ3v) is 4.00. The average Bonchev–Trinajstić information content (AvgIpc) is 2.75. The molecule has 6 heteroatoms. The van der Waals surface area contributed by atoms with Crippen LogP contribution in [0.25, 0.3) is 11.3 Å². The minimum absolute atomic E-state index is 0.0515. The number of methoxy groups -OCH3 is 2. The van der Waals surface area contributed by atoms with Crippen LogP contribution in [0.15, 0.2) is 78.8 Å². The minimum Gasteiger partial charge on any atom is -0.500 e.